The van der Waals surface area contributed by atoms with Crippen molar-refractivity contribution in [2.45, 2.75) is 26.7 Å². The summed E-state index contributed by atoms with van der Waals surface area (Å²) in [4.78, 5) is 29.6. The van der Waals surface area contributed by atoms with Crippen LogP contribution >= 0.6 is 0 Å². The van der Waals surface area contributed by atoms with Gasteiger partial charge in [-0.3, -0.25) is 9.78 Å². The molecule has 1 amide bonds. The van der Waals surface area contributed by atoms with Crippen molar-refractivity contribution in [3.8, 4) is 17.2 Å². The second-order valence-corrected chi connectivity index (χ2v) is 8.08. The number of aliphatic hydroxyl groups is 1. The molecule has 0 unspecified atom stereocenters. The van der Waals surface area contributed by atoms with Gasteiger partial charge in [0.15, 0.2) is 11.5 Å². The molecule has 1 aromatic heterocycles. The van der Waals surface area contributed by atoms with Gasteiger partial charge in [-0.15, -0.1) is 0 Å². The number of aliphatic hydroxyl groups excluding tert-OH is 1. The van der Waals surface area contributed by atoms with Crippen LogP contribution in [0.3, 0.4) is 0 Å². The van der Waals surface area contributed by atoms with Gasteiger partial charge in [-0.1, -0.05) is 12.1 Å². The maximum absolute atomic E-state index is 12.7. The molecular formula is C27H33N3O7. The van der Waals surface area contributed by atoms with Crippen molar-refractivity contribution in [3.05, 3.63) is 53.2 Å². The summed E-state index contributed by atoms with van der Waals surface area (Å²) in [7, 11) is 1.47. The van der Waals surface area contributed by atoms with Gasteiger partial charge in [0.2, 0.25) is 0 Å². The first-order valence-electron chi connectivity index (χ1n) is 12.1. The summed E-state index contributed by atoms with van der Waals surface area (Å²) in [6.07, 6.45) is 0.989. The third-order valence-electron chi connectivity index (χ3n) is 5.52. The highest BCUT2D eigenvalue weighted by Crippen LogP contribution is 2.34. The lowest BCUT2D eigenvalue weighted by molar-refractivity contribution is 0.0526. The molecule has 10 nitrogen and oxygen atoms in total. The van der Waals surface area contributed by atoms with E-state index in [2.05, 4.69) is 10.3 Å². The topological polar surface area (TPSA) is 142 Å². The molecule has 0 saturated heterocycles. The van der Waals surface area contributed by atoms with Crippen LogP contribution in [-0.4, -0.2) is 62.0 Å². The molecule has 0 radical (unpaired) electrons. The fourth-order valence-corrected chi connectivity index (χ4v) is 3.84. The van der Waals surface area contributed by atoms with E-state index in [-0.39, 0.29) is 30.4 Å². The van der Waals surface area contributed by atoms with Crippen LogP contribution in [0.4, 0.5) is 5.69 Å². The number of nitrogens with zero attached hydrogens (tertiary/aromatic N) is 1. The largest absolute Gasteiger partial charge is 0.493 e. The number of nitrogens with one attached hydrogen (secondary N) is 1. The third-order valence-corrected chi connectivity index (χ3v) is 5.52. The molecule has 0 saturated carbocycles. The molecule has 0 aliphatic rings. The molecule has 37 heavy (non-hydrogen) atoms. The van der Waals surface area contributed by atoms with Crippen molar-refractivity contribution in [2.75, 3.05) is 45.8 Å². The summed E-state index contributed by atoms with van der Waals surface area (Å²) >= 11 is 0. The lowest BCUT2D eigenvalue weighted by Crippen LogP contribution is -2.26. The summed E-state index contributed by atoms with van der Waals surface area (Å²) in [6, 6.07) is 10.4. The van der Waals surface area contributed by atoms with E-state index in [9.17, 15) is 9.59 Å². The number of methoxy groups -OCH3 is 1. The summed E-state index contributed by atoms with van der Waals surface area (Å²) in [5.41, 5.74) is 8.29. The number of hydrogen-bond donors (Lipinski definition) is 3. The molecule has 0 atom stereocenters. The van der Waals surface area contributed by atoms with Gasteiger partial charge in [0, 0.05) is 19.6 Å². The Bertz CT molecular complexity index is 1250. The molecule has 1 heterocycles. The number of carbonyl (C=O) groups is 2. The second kappa shape index (κ2) is 13.3. The van der Waals surface area contributed by atoms with Gasteiger partial charge in [-0.2, -0.15) is 0 Å². The normalized spacial score (nSPS) is 10.7. The molecule has 0 spiro atoms. The summed E-state index contributed by atoms with van der Waals surface area (Å²) in [5, 5.41) is 12.3. The third kappa shape index (κ3) is 6.59. The minimum absolute atomic E-state index is 0.0125. The van der Waals surface area contributed by atoms with Crippen molar-refractivity contribution in [1.29, 1.82) is 0 Å². The smallest absolute Gasteiger partial charge is 0.342 e. The first kappa shape index (κ1) is 27.5. The Kier molecular flexibility index (Phi) is 9.91. The molecule has 3 aromatic rings. The van der Waals surface area contributed by atoms with Gasteiger partial charge in [0.05, 0.1) is 54.8 Å². The Labute approximate surface area is 215 Å². The van der Waals surface area contributed by atoms with Crippen LogP contribution in [0.5, 0.6) is 17.2 Å². The number of benzene rings is 2. The first-order chi connectivity index (χ1) is 17.9. The molecule has 0 aliphatic carbocycles. The first-order valence-corrected chi connectivity index (χ1v) is 12.1. The zero-order valence-electron chi connectivity index (χ0n) is 21.3. The summed E-state index contributed by atoms with van der Waals surface area (Å²) in [6.45, 7) is 4.64. The Hall–Kier alpha value is -4.05. The van der Waals surface area contributed by atoms with Gasteiger partial charge in [0.1, 0.15) is 11.3 Å². The standard InChI is InChI=1S/C27H33N3O7/c1-4-35-27(33)22-17(2)30-19-10-6-11-20(23(19)24(22)28)36-15-7-13-29-26(32)18-9-5-12-21(25(18)34-3)37-16-8-14-31/h5-6,9-12,31H,4,7-8,13-16H2,1-3H3,(H2,28,30)(H,29,32). The number of carbonyl (C=O) groups excluding carboxylic acids is 2. The van der Waals surface area contributed by atoms with E-state index in [1.165, 1.54) is 7.11 Å². The van der Waals surface area contributed by atoms with E-state index in [0.717, 1.165) is 0 Å². The van der Waals surface area contributed by atoms with Gasteiger partial charge in [-0.05, 0) is 44.5 Å². The van der Waals surface area contributed by atoms with E-state index in [1.54, 1.807) is 50.2 Å². The predicted octanol–water partition coefficient (Wildman–Crippen LogP) is 3.27. The van der Waals surface area contributed by atoms with Crippen molar-refractivity contribution in [2.24, 2.45) is 0 Å². The number of nitrogen functional groups attached to an aromatic ring is 1. The van der Waals surface area contributed by atoms with E-state index in [4.69, 9.17) is 29.8 Å². The van der Waals surface area contributed by atoms with Gasteiger partial charge in [-0.25, -0.2) is 4.79 Å². The number of aromatic nitrogens is 1. The van der Waals surface area contributed by atoms with Crippen LogP contribution < -0.4 is 25.3 Å². The Morgan fingerprint density at radius 1 is 1.05 bits per heavy atom. The van der Waals surface area contributed by atoms with Gasteiger partial charge >= 0.3 is 5.97 Å². The van der Waals surface area contributed by atoms with Crippen LogP contribution in [0.15, 0.2) is 36.4 Å². The second-order valence-electron chi connectivity index (χ2n) is 8.08. The molecule has 3 rings (SSSR count). The zero-order chi connectivity index (χ0) is 26.8. The van der Waals surface area contributed by atoms with E-state index in [0.29, 0.717) is 72.0 Å². The average molecular weight is 512 g/mol. The van der Waals surface area contributed by atoms with Crippen molar-refractivity contribution in [1.82, 2.24) is 10.3 Å². The quantitative estimate of drug-likeness (QED) is 0.233. The number of ether oxygens (including phenoxy) is 4. The van der Waals surface area contributed by atoms with Crippen molar-refractivity contribution < 1.29 is 33.6 Å². The molecule has 2 aromatic carbocycles. The van der Waals surface area contributed by atoms with Gasteiger partial charge < -0.3 is 35.1 Å². The number of amides is 1. The van der Waals surface area contributed by atoms with Crippen LogP contribution in [-0.2, 0) is 4.74 Å². The number of anilines is 1. The lowest BCUT2D eigenvalue weighted by atomic mass is 10.1. The number of nitrogens with two attached hydrogens (primary N) is 1. The fraction of sp³-hybridized carbons (Fsp3) is 0.370. The molecule has 0 fully saturated rings. The summed E-state index contributed by atoms with van der Waals surface area (Å²) in [5.74, 6) is 0.432. The molecular weight excluding hydrogens is 478 g/mol. The number of rotatable bonds is 13. The minimum Gasteiger partial charge on any atom is -0.493 e. The number of aryl methyl sites for hydroxylation is 1. The number of hydrogen-bond acceptors (Lipinski definition) is 9. The molecule has 198 valence electrons. The maximum Gasteiger partial charge on any atom is 0.342 e. The molecule has 0 bridgehead atoms. The van der Waals surface area contributed by atoms with Crippen LogP contribution in [0.1, 0.15) is 46.2 Å². The number of fused-ring (bicyclic) bond motifs is 1. The number of para-hydroxylation sites is 1. The Morgan fingerprint density at radius 2 is 1.76 bits per heavy atom. The molecule has 4 N–H and O–H groups in total. The number of esters is 1. The van der Waals surface area contributed by atoms with E-state index >= 15 is 0 Å². The Morgan fingerprint density at radius 3 is 2.49 bits per heavy atom. The van der Waals surface area contributed by atoms with Crippen molar-refractivity contribution >= 4 is 28.5 Å². The lowest BCUT2D eigenvalue weighted by Gasteiger charge is -2.15. The monoisotopic (exact) mass is 511 g/mol. The Balaban J connectivity index is 1.63. The fourth-order valence-electron chi connectivity index (χ4n) is 3.84. The van der Waals surface area contributed by atoms with Gasteiger partial charge in [0.25, 0.3) is 5.91 Å². The number of pyridine rings is 1. The van der Waals surface area contributed by atoms with E-state index < -0.39 is 5.97 Å². The zero-order valence-corrected chi connectivity index (χ0v) is 21.3. The highest BCUT2D eigenvalue weighted by Gasteiger charge is 2.21. The summed E-state index contributed by atoms with van der Waals surface area (Å²) < 4.78 is 22.1. The van der Waals surface area contributed by atoms with E-state index in [1.807, 2.05) is 0 Å². The van der Waals surface area contributed by atoms with Crippen molar-refractivity contribution in [3.63, 3.8) is 0 Å². The van der Waals surface area contributed by atoms with Crippen LogP contribution in [0, 0.1) is 6.92 Å². The SMILES string of the molecule is CCOC(=O)c1c(C)nc2cccc(OCCCNC(=O)c3cccc(OCCCO)c3OC)c2c1N. The van der Waals surface area contributed by atoms with Crippen LogP contribution in [0.2, 0.25) is 0 Å². The van der Waals surface area contributed by atoms with Crippen LogP contribution in [0.25, 0.3) is 10.9 Å². The highest BCUT2D eigenvalue weighted by atomic mass is 16.5. The highest BCUT2D eigenvalue weighted by molar-refractivity contribution is 6.07. The maximum atomic E-state index is 12.7. The molecule has 10 heteroatoms. The average Bonchev–Trinajstić information content (AvgIpc) is 2.88. The molecule has 0 aliphatic heterocycles. The minimum atomic E-state index is -0.525. The predicted molar refractivity (Wildman–Crippen MR) is 139 cm³/mol.